The van der Waals surface area contributed by atoms with Crippen LogP contribution < -0.4 is 11.2 Å². The van der Waals surface area contributed by atoms with Crippen LogP contribution in [0.25, 0.3) is 0 Å². The maximum atomic E-state index is 11.6. The van der Waals surface area contributed by atoms with Crippen LogP contribution in [0.4, 0.5) is 0 Å². The first-order valence-corrected chi connectivity index (χ1v) is 5.87. The van der Waals surface area contributed by atoms with Gasteiger partial charge in [0.2, 0.25) is 0 Å². The highest BCUT2D eigenvalue weighted by Gasteiger charge is 2.11. The highest BCUT2D eigenvalue weighted by Crippen LogP contribution is 2.00. The van der Waals surface area contributed by atoms with Gasteiger partial charge in [-0.1, -0.05) is 0 Å². The first-order chi connectivity index (χ1) is 8.56. The van der Waals surface area contributed by atoms with Crippen molar-refractivity contribution < 1.29 is 0 Å². The molecule has 0 atom stereocenters. The average molecular weight is 251 g/mol. The molecular formula is C11H17N5O2. The molecular weight excluding hydrogens is 234 g/mol. The van der Waals surface area contributed by atoms with Crippen molar-refractivity contribution in [3.63, 3.8) is 0 Å². The number of aromatic amines is 2. The van der Waals surface area contributed by atoms with E-state index in [1.54, 1.807) is 6.92 Å². The minimum absolute atomic E-state index is 0.397. The maximum absolute atomic E-state index is 11.6. The molecule has 2 rings (SSSR count). The van der Waals surface area contributed by atoms with Gasteiger partial charge in [0, 0.05) is 31.9 Å². The zero-order valence-corrected chi connectivity index (χ0v) is 10.6. The summed E-state index contributed by atoms with van der Waals surface area (Å²) in [6.45, 7) is 5.28. The van der Waals surface area contributed by atoms with Gasteiger partial charge in [-0.15, -0.1) is 0 Å². The molecule has 0 aliphatic carbocycles. The number of nitrogens with zero attached hydrogens (tertiary/aromatic N) is 3. The fraction of sp³-hybridized carbons (Fsp3) is 0.545. The third kappa shape index (κ3) is 2.86. The molecule has 0 bridgehead atoms. The van der Waals surface area contributed by atoms with Crippen LogP contribution in [-0.2, 0) is 0 Å². The summed E-state index contributed by atoms with van der Waals surface area (Å²) in [6, 6.07) is 0. The molecule has 2 heterocycles. The van der Waals surface area contributed by atoms with E-state index in [1.165, 1.54) is 6.21 Å². The molecule has 7 nitrogen and oxygen atoms in total. The van der Waals surface area contributed by atoms with Crippen LogP contribution in [0.2, 0.25) is 0 Å². The normalized spacial score (nSPS) is 17.6. The van der Waals surface area contributed by atoms with Crippen LogP contribution in [-0.4, -0.2) is 59.3 Å². The summed E-state index contributed by atoms with van der Waals surface area (Å²) < 4.78 is 0. The molecule has 18 heavy (non-hydrogen) atoms. The van der Waals surface area contributed by atoms with Crippen molar-refractivity contribution in [3.05, 3.63) is 32.1 Å². The molecule has 1 saturated heterocycles. The summed E-state index contributed by atoms with van der Waals surface area (Å²) in [4.78, 5) is 29.6. The fourth-order valence-electron chi connectivity index (χ4n) is 1.82. The molecule has 7 heteroatoms. The summed E-state index contributed by atoms with van der Waals surface area (Å²) in [5.41, 5.74) is 0.0264. The molecule has 0 spiro atoms. The number of H-pyrrole nitrogens is 2. The zero-order valence-electron chi connectivity index (χ0n) is 10.6. The molecule has 1 aromatic rings. The summed E-state index contributed by atoms with van der Waals surface area (Å²) >= 11 is 0. The predicted octanol–water partition coefficient (Wildman–Crippen LogP) is -1.05. The van der Waals surface area contributed by atoms with Crippen molar-refractivity contribution in [2.24, 2.45) is 5.10 Å². The largest absolute Gasteiger partial charge is 0.325 e. The molecule has 1 aliphatic heterocycles. The Morgan fingerprint density at radius 2 is 1.83 bits per heavy atom. The van der Waals surface area contributed by atoms with Gasteiger partial charge in [-0.05, 0) is 14.0 Å². The number of likely N-dealkylation sites (N-methyl/N-ethyl adjacent to an activating group) is 1. The Morgan fingerprint density at radius 3 is 2.44 bits per heavy atom. The molecule has 0 saturated carbocycles. The average Bonchev–Trinajstić information content (AvgIpc) is 2.30. The van der Waals surface area contributed by atoms with Crippen molar-refractivity contribution >= 4 is 6.21 Å². The second kappa shape index (κ2) is 5.18. The highest BCUT2D eigenvalue weighted by molar-refractivity contribution is 5.79. The monoisotopic (exact) mass is 251 g/mol. The van der Waals surface area contributed by atoms with Crippen LogP contribution >= 0.6 is 0 Å². The third-order valence-electron chi connectivity index (χ3n) is 3.01. The Labute approximate surface area is 104 Å². The summed E-state index contributed by atoms with van der Waals surface area (Å²) in [6.07, 6.45) is 1.51. The van der Waals surface area contributed by atoms with Gasteiger partial charge < -0.3 is 9.88 Å². The van der Waals surface area contributed by atoms with Crippen LogP contribution in [0.15, 0.2) is 14.7 Å². The zero-order chi connectivity index (χ0) is 13.1. The van der Waals surface area contributed by atoms with Gasteiger partial charge in [-0.2, -0.15) is 5.10 Å². The Morgan fingerprint density at radius 1 is 1.17 bits per heavy atom. The molecule has 1 aliphatic rings. The van der Waals surface area contributed by atoms with E-state index in [1.807, 2.05) is 5.01 Å². The Hall–Kier alpha value is -1.89. The van der Waals surface area contributed by atoms with Gasteiger partial charge in [0.1, 0.15) is 0 Å². The standard InChI is InChI=1S/C11H17N5O2/c1-8-9(10(17)14-11(18)13-8)7-12-16-5-3-15(2)4-6-16/h7H,3-6H2,1-2H3,(H2,13,14,17,18)/b12-7-. The Kier molecular flexibility index (Phi) is 3.61. The summed E-state index contributed by atoms with van der Waals surface area (Å²) in [5.74, 6) is 0. The Bertz CT molecular complexity index is 551. The number of aromatic nitrogens is 2. The number of hydrogen-bond acceptors (Lipinski definition) is 5. The topological polar surface area (TPSA) is 84.6 Å². The lowest BCUT2D eigenvalue weighted by molar-refractivity contribution is 0.159. The van der Waals surface area contributed by atoms with E-state index in [2.05, 4.69) is 27.0 Å². The van der Waals surface area contributed by atoms with Gasteiger partial charge in [0.15, 0.2) is 0 Å². The third-order valence-corrected chi connectivity index (χ3v) is 3.01. The quantitative estimate of drug-likeness (QED) is 0.657. The minimum Gasteiger partial charge on any atom is -0.311 e. The highest BCUT2D eigenvalue weighted by atomic mass is 16.2. The number of rotatable bonds is 2. The molecule has 0 amide bonds. The molecule has 98 valence electrons. The molecule has 1 fully saturated rings. The van der Waals surface area contributed by atoms with Gasteiger partial charge in [-0.25, -0.2) is 4.79 Å². The van der Waals surface area contributed by atoms with E-state index in [-0.39, 0.29) is 0 Å². The predicted molar refractivity (Wildman–Crippen MR) is 69.1 cm³/mol. The van der Waals surface area contributed by atoms with E-state index in [4.69, 9.17) is 0 Å². The van der Waals surface area contributed by atoms with Gasteiger partial charge in [0.25, 0.3) is 5.56 Å². The number of hydrogen-bond donors (Lipinski definition) is 2. The van der Waals surface area contributed by atoms with Crippen molar-refractivity contribution in [1.29, 1.82) is 0 Å². The van der Waals surface area contributed by atoms with Gasteiger partial charge in [-0.3, -0.25) is 14.8 Å². The summed E-state index contributed by atoms with van der Waals surface area (Å²) in [5, 5.41) is 6.20. The molecule has 2 N–H and O–H groups in total. The minimum atomic E-state index is -0.491. The van der Waals surface area contributed by atoms with E-state index >= 15 is 0 Å². The first-order valence-electron chi connectivity index (χ1n) is 5.87. The fourth-order valence-corrected chi connectivity index (χ4v) is 1.82. The van der Waals surface area contributed by atoms with Crippen LogP contribution in [0, 0.1) is 6.92 Å². The number of hydrazone groups is 1. The van der Waals surface area contributed by atoms with Crippen molar-refractivity contribution in [2.75, 3.05) is 33.2 Å². The van der Waals surface area contributed by atoms with Crippen LogP contribution in [0.1, 0.15) is 11.3 Å². The van der Waals surface area contributed by atoms with Gasteiger partial charge in [0.05, 0.1) is 11.8 Å². The number of piperazine rings is 1. The van der Waals surface area contributed by atoms with E-state index in [9.17, 15) is 9.59 Å². The van der Waals surface area contributed by atoms with Crippen LogP contribution in [0.3, 0.4) is 0 Å². The van der Waals surface area contributed by atoms with Crippen molar-refractivity contribution in [3.8, 4) is 0 Å². The molecule has 1 aromatic heterocycles. The number of aryl methyl sites for hydroxylation is 1. The molecule has 0 aromatic carbocycles. The van der Waals surface area contributed by atoms with Crippen molar-refractivity contribution in [2.45, 2.75) is 6.92 Å². The number of nitrogens with one attached hydrogen (secondary N) is 2. The van der Waals surface area contributed by atoms with Gasteiger partial charge >= 0.3 is 5.69 Å². The smallest absolute Gasteiger partial charge is 0.311 e. The lowest BCUT2D eigenvalue weighted by Crippen LogP contribution is -2.42. The van der Waals surface area contributed by atoms with E-state index < -0.39 is 11.2 Å². The maximum Gasteiger partial charge on any atom is 0.325 e. The second-order valence-corrected chi connectivity index (χ2v) is 4.45. The first kappa shape index (κ1) is 12.6. The van der Waals surface area contributed by atoms with Crippen LogP contribution in [0.5, 0.6) is 0 Å². The SMILES string of the molecule is Cc1[nH]c(=O)[nH]c(=O)c1/C=N\N1CCN(C)CC1. The van der Waals surface area contributed by atoms with E-state index in [0.717, 1.165) is 26.2 Å². The Balaban J connectivity index is 2.14. The van der Waals surface area contributed by atoms with Crippen molar-refractivity contribution in [1.82, 2.24) is 19.9 Å². The van der Waals surface area contributed by atoms with E-state index in [0.29, 0.717) is 11.3 Å². The second-order valence-electron chi connectivity index (χ2n) is 4.45. The molecule has 0 radical (unpaired) electrons. The lowest BCUT2D eigenvalue weighted by atomic mass is 10.2. The summed E-state index contributed by atoms with van der Waals surface area (Å²) in [7, 11) is 2.07. The molecule has 0 unspecified atom stereocenters. The lowest BCUT2D eigenvalue weighted by Gasteiger charge is -2.30.